The summed E-state index contributed by atoms with van der Waals surface area (Å²) in [7, 11) is 1.54. The first-order valence-electron chi connectivity index (χ1n) is 11.4. The Morgan fingerprint density at radius 2 is 1.81 bits per heavy atom. The Morgan fingerprint density at radius 3 is 2.53 bits per heavy atom. The molecule has 1 saturated heterocycles. The maximum atomic E-state index is 12.8. The minimum Gasteiger partial charge on any atom is -0.493 e. The molecular formula is C27H27Cl2N3O4. The average molecular weight is 528 g/mol. The van der Waals surface area contributed by atoms with E-state index in [4.69, 9.17) is 32.7 Å². The number of halogens is 2. The molecule has 1 fully saturated rings. The number of carbonyl (C=O) groups excluding carboxylic acids is 2. The van der Waals surface area contributed by atoms with Gasteiger partial charge in [0.15, 0.2) is 11.5 Å². The van der Waals surface area contributed by atoms with Gasteiger partial charge in [0.2, 0.25) is 11.8 Å². The van der Waals surface area contributed by atoms with Crippen LogP contribution in [-0.2, 0) is 16.2 Å². The largest absolute Gasteiger partial charge is 0.493 e. The third-order valence-electron chi connectivity index (χ3n) is 6.17. The summed E-state index contributed by atoms with van der Waals surface area (Å²) in [4.78, 5) is 27.0. The molecule has 4 rings (SSSR count). The van der Waals surface area contributed by atoms with Gasteiger partial charge >= 0.3 is 0 Å². The van der Waals surface area contributed by atoms with Crippen LogP contribution in [-0.4, -0.2) is 25.5 Å². The van der Waals surface area contributed by atoms with Gasteiger partial charge in [0.05, 0.1) is 28.8 Å². The Bertz CT molecular complexity index is 1300. The standard InChI is InChI=1S/C27H27Cl2N3O4/c1-16-4-7-21(10-17(16)2)32-14-19(12-26(32)33)27(34)31-30-20-6-9-24(25(13-20)35-3)36-15-18-5-8-22(28)23(29)11-18/h4-11,13,19,30H,12,14-15H2,1-3H3,(H,31,34)/t19-/m0/s1. The van der Waals surface area contributed by atoms with Crippen LogP contribution in [0.1, 0.15) is 23.1 Å². The number of anilines is 2. The molecule has 188 valence electrons. The van der Waals surface area contributed by atoms with E-state index < -0.39 is 5.92 Å². The van der Waals surface area contributed by atoms with E-state index in [9.17, 15) is 9.59 Å². The van der Waals surface area contributed by atoms with Gasteiger partial charge in [-0.05, 0) is 66.9 Å². The molecule has 9 heteroatoms. The number of hydrazine groups is 1. The lowest BCUT2D eigenvalue weighted by Gasteiger charge is -2.18. The number of hydrogen-bond donors (Lipinski definition) is 2. The van der Waals surface area contributed by atoms with Crippen LogP contribution in [0.3, 0.4) is 0 Å². The smallest absolute Gasteiger partial charge is 0.243 e. The molecule has 0 aliphatic carbocycles. The number of nitrogens with one attached hydrogen (secondary N) is 2. The molecule has 3 aromatic carbocycles. The highest BCUT2D eigenvalue weighted by molar-refractivity contribution is 6.42. The quantitative estimate of drug-likeness (QED) is 0.367. The summed E-state index contributed by atoms with van der Waals surface area (Å²) in [6.45, 7) is 4.64. The lowest BCUT2D eigenvalue weighted by Crippen LogP contribution is -2.36. The fourth-order valence-electron chi connectivity index (χ4n) is 3.92. The lowest BCUT2D eigenvalue weighted by atomic mass is 10.1. The predicted molar refractivity (Wildman–Crippen MR) is 142 cm³/mol. The summed E-state index contributed by atoms with van der Waals surface area (Å²) in [5.74, 6) is 0.247. The van der Waals surface area contributed by atoms with Crippen LogP contribution in [0.5, 0.6) is 11.5 Å². The molecule has 3 aromatic rings. The van der Waals surface area contributed by atoms with E-state index in [2.05, 4.69) is 10.9 Å². The number of ether oxygens (including phenoxy) is 2. The van der Waals surface area contributed by atoms with Crippen LogP contribution in [0.4, 0.5) is 11.4 Å². The van der Waals surface area contributed by atoms with Crippen molar-refractivity contribution in [2.45, 2.75) is 26.9 Å². The Morgan fingerprint density at radius 1 is 1.00 bits per heavy atom. The number of rotatable bonds is 8. The summed E-state index contributed by atoms with van der Waals surface area (Å²) < 4.78 is 11.3. The van der Waals surface area contributed by atoms with Gasteiger partial charge in [-0.3, -0.25) is 20.4 Å². The average Bonchev–Trinajstić information content (AvgIpc) is 3.26. The molecule has 0 unspecified atom stereocenters. The van der Waals surface area contributed by atoms with Crippen molar-refractivity contribution < 1.29 is 19.1 Å². The Kier molecular flexibility index (Phi) is 7.91. The fourth-order valence-corrected chi connectivity index (χ4v) is 4.24. The van der Waals surface area contributed by atoms with Crippen LogP contribution in [0, 0.1) is 19.8 Å². The second-order valence-corrected chi connectivity index (χ2v) is 9.51. The minimum atomic E-state index is -0.456. The van der Waals surface area contributed by atoms with Crippen LogP contribution in [0.25, 0.3) is 0 Å². The summed E-state index contributed by atoms with van der Waals surface area (Å²) in [6.07, 6.45) is 0.158. The van der Waals surface area contributed by atoms with E-state index in [1.165, 1.54) is 7.11 Å². The number of benzene rings is 3. The van der Waals surface area contributed by atoms with Gasteiger partial charge in [0.25, 0.3) is 0 Å². The van der Waals surface area contributed by atoms with E-state index >= 15 is 0 Å². The maximum absolute atomic E-state index is 12.8. The Balaban J connectivity index is 1.34. The topological polar surface area (TPSA) is 79.9 Å². The second kappa shape index (κ2) is 11.1. The van der Waals surface area contributed by atoms with Gasteiger partial charge in [-0.15, -0.1) is 0 Å². The van der Waals surface area contributed by atoms with Crippen LogP contribution < -0.4 is 25.2 Å². The molecule has 0 saturated carbocycles. The highest BCUT2D eigenvalue weighted by Crippen LogP contribution is 2.32. The van der Waals surface area contributed by atoms with Gasteiger partial charge in [-0.2, -0.15) is 0 Å². The molecular weight excluding hydrogens is 501 g/mol. The third kappa shape index (κ3) is 5.86. The van der Waals surface area contributed by atoms with E-state index in [1.807, 2.05) is 38.1 Å². The number of amides is 2. The van der Waals surface area contributed by atoms with Crippen molar-refractivity contribution in [3.05, 3.63) is 81.3 Å². The van der Waals surface area contributed by atoms with Gasteiger partial charge in [0.1, 0.15) is 6.61 Å². The zero-order valence-electron chi connectivity index (χ0n) is 20.2. The van der Waals surface area contributed by atoms with E-state index in [0.717, 1.165) is 22.4 Å². The molecule has 2 N–H and O–H groups in total. The van der Waals surface area contributed by atoms with Crippen molar-refractivity contribution in [1.29, 1.82) is 0 Å². The monoisotopic (exact) mass is 527 g/mol. The molecule has 0 radical (unpaired) electrons. The van der Waals surface area contributed by atoms with Crippen molar-refractivity contribution in [1.82, 2.24) is 5.43 Å². The lowest BCUT2D eigenvalue weighted by molar-refractivity contribution is -0.125. The number of aryl methyl sites for hydroxylation is 2. The summed E-state index contributed by atoms with van der Waals surface area (Å²) in [5, 5.41) is 0.941. The van der Waals surface area contributed by atoms with Crippen LogP contribution >= 0.6 is 23.2 Å². The number of hydrogen-bond acceptors (Lipinski definition) is 5. The fraction of sp³-hybridized carbons (Fsp3) is 0.259. The molecule has 36 heavy (non-hydrogen) atoms. The molecule has 0 spiro atoms. The van der Waals surface area contributed by atoms with E-state index in [-0.39, 0.29) is 24.8 Å². The molecule has 0 bridgehead atoms. The number of carbonyl (C=O) groups is 2. The molecule has 2 amide bonds. The zero-order valence-corrected chi connectivity index (χ0v) is 21.7. The minimum absolute atomic E-state index is 0.0662. The molecule has 1 aliphatic heterocycles. The molecule has 0 aromatic heterocycles. The van der Waals surface area contributed by atoms with Crippen molar-refractivity contribution in [3.8, 4) is 11.5 Å². The zero-order chi connectivity index (χ0) is 25.8. The number of methoxy groups -OCH3 is 1. The number of nitrogens with zero attached hydrogens (tertiary/aromatic N) is 1. The second-order valence-electron chi connectivity index (χ2n) is 8.69. The third-order valence-corrected chi connectivity index (χ3v) is 6.91. The van der Waals surface area contributed by atoms with Gasteiger partial charge in [0, 0.05) is 24.7 Å². The predicted octanol–water partition coefficient (Wildman–Crippen LogP) is 5.69. The summed E-state index contributed by atoms with van der Waals surface area (Å²) >= 11 is 12.0. The molecule has 7 nitrogen and oxygen atoms in total. The SMILES string of the molecule is COc1cc(NNC(=O)[C@H]2CC(=O)N(c3ccc(C)c(C)c3)C2)ccc1OCc1ccc(Cl)c(Cl)c1. The van der Waals surface area contributed by atoms with Crippen molar-refractivity contribution in [3.63, 3.8) is 0 Å². The molecule has 1 atom stereocenters. The van der Waals surface area contributed by atoms with Crippen molar-refractivity contribution >= 4 is 46.4 Å². The highest BCUT2D eigenvalue weighted by Gasteiger charge is 2.35. The van der Waals surface area contributed by atoms with E-state index in [1.54, 1.807) is 35.2 Å². The molecule has 1 heterocycles. The highest BCUT2D eigenvalue weighted by atomic mass is 35.5. The van der Waals surface area contributed by atoms with Gasteiger partial charge < -0.3 is 14.4 Å². The summed E-state index contributed by atoms with van der Waals surface area (Å²) in [5.41, 5.74) is 10.1. The van der Waals surface area contributed by atoms with E-state index in [0.29, 0.717) is 33.8 Å². The normalized spacial score (nSPS) is 15.1. The first-order chi connectivity index (χ1) is 17.2. The first-order valence-corrected chi connectivity index (χ1v) is 12.2. The van der Waals surface area contributed by atoms with Crippen LogP contribution in [0.15, 0.2) is 54.6 Å². The van der Waals surface area contributed by atoms with Gasteiger partial charge in [-0.25, -0.2) is 0 Å². The van der Waals surface area contributed by atoms with Gasteiger partial charge in [-0.1, -0.05) is 35.3 Å². The Hall–Kier alpha value is -3.42. The van der Waals surface area contributed by atoms with Crippen LogP contribution in [0.2, 0.25) is 10.0 Å². The van der Waals surface area contributed by atoms with Crippen molar-refractivity contribution in [2.75, 3.05) is 24.0 Å². The first kappa shape index (κ1) is 25.7. The molecule has 1 aliphatic rings. The maximum Gasteiger partial charge on any atom is 0.243 e. The summed E-state index contributed by atoms with van der Waals surface area (Å²) in [6, 6.07) is 16.4. The van der Waals surface area contributed by atoms with Crippen molar-refractivity contribution in [2.24, 2.45) is 5.92 Å². The Labute approximate surface area is 220 Å².